The highest BCUT2D eigenvalue weighted by Gasteiger charge is 2.45. The molecule has 16 heavy (non-hydrogen) atoms. The van der Waals surface area contributed by atoms with Gasteiger partial charge in [-0.15, -0.1) is 0 Å². The van der Waals surface area contributed by atoms with Gasteiger partial charge in [0.1, 0.15) is 0 Å². The second-order valence-corrected chi connectivity index (χ2v) is 5.09. The zero-order chi connectivity index (χ0) is 11.6. The molecule has 1 atom stereocenters. The second-order valence-electron chi connectivity index (χ2n) is 5.09. The van der Waals surface area contributed by atoms with Gasteiger partial charge in [-0.3, -0.25) is 4.79 Å². The average molecular weight is 216 g/mol. The van der Waals surface area contributed by atoms with E-state index < -0.39 is 0 Å². The molecule has 1 heteroatoms. The van der Waals surface area contributed by atoms with Crippen molar-refractivity contribution in [3.8, 4) is 0 Å². The molecule has 1 fully saturated rings. The molecule has 0 aromatic carbocycles. The van der Waals surface area contributed by atoms with E-state index in [1.807, 2.05) is 19.1 Å². The normalized spacial score (nSPS) is 28.1. The summed E-state index contributed by atoms with van der Waals surface area (Å²) < 4.78 is 0. The summed E-state index contributed by atoms with van der Waals surface area (Å²) in [6.45, 7) is 5.98. The zero-order valence-electron chi connectivity index (χ0n) is 10.0. The number of ketones is 1. The first kappa shape index (κ1) is 11.4. The molecular formula is C15H20O. The first-order chi connectivity index (χ1) is 7.69. The van der Waals surface area contributed by atoms with Crippen LogP contribution in [0.4, 0.5) is 0 Å². The molecule has 0 radical (unpaired) electrons. The molecule has 0 aliphatic heterocycles. The number of carbonyl (C=O) groups is 1. The first-order valence-electron chi connectivity index (χ1n) is 6.21. The Labute approximate surface area is 97.9 Å². The summed E-state index contributed by atoms with van der Waals surface area (Å²) in [6, 6.07) is 0. The lowest BCUT2D eigenvalue weighted by molar-refractivity contribution is -0.120. The summed E-state index contributed by atoms with van der Waals surface area (Å²) in [4.78, 5) is 12.2. The fourth-order valence-corrected chi connectivity index (χ4v) is 3.37. The molecule has 1 spiro atoms. The Morgan fingerprint density at radius 2 is 2.19 bits per heavy atom. The Bertz CT molecular complexity index is 354. The highest BCUT2D eigenvalue weighted by Crippen LogP contribution is 2.52. The van der Waals surface area contributed by atoms with Crippen LogP contribution in [-0.4, -0.2) is 5.78 Å². The lowest BCUT2D eigenvalue weighted by Crippen LogP contribution is -2.35. The number of hydrogen-bond donors (Lipinski definition) is 0. The van der Waals surface area contributed by atoms with Crippen molar-refractivity contribution in [1.82, 2.24) is 0 Å². The summed E-state index contributed by atoms with van der Waals surface area (Å²) >= 11 is 0. The van der Waals surface area contributed by atoms with Gasteiger partial charge < -0.3 is 0 Å². The van der Waals surface area contributed by atoms with E-state index in [0.29, 0.717) is 0 Å². The summed E-state index contributed by atoms with van der Waals surface area (Å²) in [5.74, 6) is 0.287. The van der Waals surface area contributed by atoms with Crippen molar-refractivity contribution >= 4 is 5.78 Å². The molecule has 2 aliphatic carbocycles. The van der Waals surface area contributed by atoms with E-state index in [0.717, 1.165) is 12.0 Å². The van der Waals surface area contributed by atoms with Crippen molar-refractivity contribution in [3.63, 3.8) is 0 Å². The molecule has 0 heterocycles. The average Bonchev–Trinajstić information content (AvgIpc) is 2.67. The SMILES string of the molecule is C=C1C=CCC2(CCCC2)C1C(=O)C=CC. The van der Waals surface area contributed by atoms with Gasteiger partial charge in [0.05, 0.1) is 5.92 Å². The highest BCUT2D eigenvalue weighted by molar-refractivity contribution is 5.95. The van der Waals surface area contributed by atoms with Crippen molar-refractivity contribution in [1.29, 1.82) is 0 Å². The van der Waals surface area contributed by atoms with Gasteiger partial charge in [0.15, 0.2) is 5.78 Å². The van der Waals surface area contributed by atoms with E-state index in [1.54, 1.807) is 6.08 Å². The third kappa shape index (κ3) is 1.79. The molecule has 2 aliphatic rings. The number of rotatable bonds is 2. The van der Waals surface area contributed by atoms with Crippen LogP contribution in [0.5, 0.6) is 0 Å². The second kappa shape index (κ2) is 4.40. The maximum absolute atomic E-state index is 12.2. The Morgan fingerprint density at radius 1 is 1.50 bits per heavy atom. The molecule has 2 rings (SSSR count). The van der Waals surface area contributed by atoms with Crippen LogP contribution in [0.2, 0.25) is 0 Å². The van der Waals surface area contributed by atoms with E-state index in [9.17, 15) is 4.79 Å². The number of carbonyl (C=O) groups excluding carboxylic acids is 1. The summed E-state index contributed by atoms with van der Waals surface area (Å²) in [6.07, 6.45) is 13.8. The van der Waals surface area contributed by atoms with Crippen LogP contribution >= 0.6 is 0 Å². The third-order valence-electron chi connectivity index (χ3n) is 4.05. The van der Waals surface area contributed by atoms with Crippen molar-refractivity contribution in [2.45, 2.75) is 39.0 Å². The molecule has 1 nitrogen and oxygen atoms in total. The monoisotopic (exact) mass is 216 g/mol. The molecule has 86 valence electrons. The number of allylic oxidation sites excluding steroid dienone is 5. The predicted octanol–water partition coefficient (Wildman–Crippen LogP) is 3.82. The minimum atomic E-state index is 0.0381. The van der Waals surface area contributed by atoms with Gasteiger partial charge in [0.25, 0.3) is 0 Å². The molecule has 1 saturated carbocycles. The summed E-state index contributed by atoms with van der Waals surface area (Å²) in [7, 11) is 0. The molecule has 0 bridgehead atoms. The van der Waals surface area contributed by atoms with Crippen LogP contribution in [0.15, 0.2) is 36.5 Å². The van der Waals surface area contributed by atoms with Crippen molar-refractivity contribution in [2.75, 3.05) is 0 Å². The van der Waals surface area contributed by atoms with Crippen molar-refractivity contribution in [2.24, 2.45) is 11.3 Å². The van der Waals surface area contributed by atoms with Gasteiger partial charge in [-0.25, -0.2) is 0 Å². The fourth-order valence-electron chi connectivity index (χ4n) is 3.37. The minimum Gasteiger partial charge on any atom is -0.294 e. The lowest BCUT2D eigenvalue weighted by Gasteiger charge is -2.38. The lowest BCUT2D eigenvalue weighted by atomic mass is 9.64. The van der Waals surface area contributed by atoms with Crippen LogP contribution in [0.25, 0.3) is 0 Å². The van der Waals surface area contributed by atoms with E-state index >= 15 is 0 Å². The quantitative estimate of drug-likeness (QED) is 0.641. The van der Waals surface area contributed by atoms with E-state index in [1.165, 1.54) is 25.7 Å². The van der Waals surface area contributed by atoms with E-state index in [-0.39, 0.29) is 17.1 Å². The fraction of sp³-hybridized carbons (Fsp3) is 0.533. The highest BCUT2D eigenvalue weighted by atomic mass is 16.1. The zero-order valence-corrected chi connectivity index (χ0v) is 10.0. The Morgan fingerprint density at radius 3 is 2.81 bits per heavy atom. The largest absolute Gasteiger partial charge is 0.294 e. The van der Waals surface area contributed by atoms with Gasteiger partial charge >= 0.3 is 0 Å². The Kier molecular flexibility index (Phi) is 3.13. The van der Waals surface area contributed by atoms with E-state index in [4.69, 9.17) is 0 Å². The molecule has 0 N–H and O–H groups in total. The Balaban J connectivity index is 2.32. The van der Waals surface area contributed by atoms with Crippen LogP contribution in [-0.2, 0) is 4.79 Å². The number of hydrogen-bond acceptors (Lipinski definition) is 1. The Hall–Kier alpha value is -1.11. The van der Waals surface area contributed by atoms with Crippen LogP contribution in [0, 0.1) is 11.3 Å². The van der Waals surface area contributed by atoms with Crippen LogP contribution in [0.1, 0.15) is 39.0 Å². The third-order valence-corrected chi connectivity index (χ3v) is 4.05. The van der Waals surface area contributed by atoms with Gasteiger partial charge in [-0.1, -0.05) is 37.6 Å². The molecule has 0 saturated heterocycles. The minimum absolute atomic E-state index is 0.0381. The molecular weight excluding hydrogens is 196 g/mol. The van der Waals surface area contributed by atoms with E-state index in [2.05, 4.69) is 12.7 Å². The maximum atomic E-state index is 12.2. The summed E-state index contributed by atoms with van der Waals surface area (Å²) in [5.41, 5.74) is 1.21. The smallest absolute Gasteiger partial charge is 0.163 e. The predicted molar refractivity (Wildman–Crippen MR) is 67.1 cm³/mol. The molecule has 1 unspecified atom stereocenters. The van der Waals surface area contributed by atoms with Crippen molar-refractivity contribution in [3.05, 3.63) is 36.5 Å². The standard InChI is InChI=1S/C15H20O/c1-3-7-13(16)14-12(2)8-6-11-15(14)9-4-5-10-15/h3,6-8,14H,2,4-5,9-11H2,1H3. The molecule has 0 aromatic heterocycles. The van der Waals surface area contributed by atoms with Crippen molar-refractivity contribution < 1.29 is 4.79 Å². The maximum Gasteiger partial charge on any atom is 0.163 e. The molecule has 0 aromatic rings. The van der Waals surface area contributed by atoms with Gasteiger partial charge in [0, 0.05) is 0 Å². The van der Waals surface area contributed by atoms with Crippen LogP contribution < -0.4 is 0 Å². The van der Waals surface area contributed by atoms with Gasteiger partial charge in [-0.2, -0.15) is 0 Å². The summed E-state index contributed by atoms with van der Waals surface area (Å²) in [5, 5.41) is 0. The topological polar surface area (TPSA) is 17.1 Å². The van der Waals surface area contributed by atoms with Gasteiger partial charge in [-0.05, 0) is 43.3 Å². The molecule has 0 amide bonds. The van der Waals surface area contributed by atoms with Gasteiger partial charge in [0.2, 0.25) is 0 Å². The van der Waals surface area contributed by atoms with Crippen LogP contribution in [0.3, 0.4) is 0 Å². The first-order valence-corrected chi connectivity index (χ1v) is 6.21.